The van der Waals surface area contributed by atoms with E-state index in [4.69, 9.17) is 11.6 Å². The van der Waals surface area contributed by atoms with Gasteiger partial charge in [-0.1, -0.05) is 25.4 Å². The van der Waals surface area contributed by atoms with Gasteiger partial charge in [-0.15, -0.1) is 0 Å². The van der Waals surface area contributed by atoms with Crippen molar-refractivity contribution in [2.75, 3.05) is 11.9 Å². The van der Waals surface area contributed by atoms with Gasteiger partial charge in [-0.3, -0.25) is 0 Å². The van der Waals surface area contributed by atoms with E-state index in [0.29, 0.717) is 17.1 Å². The molecule has 3 nitrogen and oxygen atoms in total. The highest BCUT2D eigenvalue weighted by atomic mass is 35.5. The Morgan fingerprint density at radius 3 is 2.60 bits per heavy atom. The van der Waals surface area contributed by atoms with Crippen LogP contribution in [0.1, 0.15) is 38.4 Å². The molecule has 0 bridgehead atoms. The molecular formula is C11H16ClN3. The van der Waals surface area contributed by atoms with Crippen molar-refractivity contribution in [3.05, 3.63) is 17.0 Å². The molecule has 0 unspecified atom stereocenters. The van der Waals surface area contributed by atoms with Gasteiger partial charge in [0.15, 0.2) is 0 Å². The highest BCUT2D eigenvalue weighted by molar-refractivity contribution is 6.29. The van der Waals surface area contributed by atoms with E-state index in [2.05, 4.69) is 35.8 Å². The molecule has 0 saturated heterocycles. The lowest BCUT2D eigenvalue weighted by Gasteiger charge is -2.18. The van der Waals surface area contributed by atoms with Gasteiger partial charge in [0.05, 0.1) is 0 Å². The smallest absolute Gasteiger partial charge is 0.135 e. The number of hydrogen-bond acceptors (Lipinski definition) is 3. The first-order chi connectivity index (χ1) is 7.08. The summed E-state index contributed by atoms with van der Waals surface area (Å²) < 4.78 is 0. The van der Waals surface area contributed by atoms with Crippen molar-refractivity contribution in [1.29, 1.82) is 0 Å². The van der Waals surface area contributed by atoms with Crippen molar-refractivity contribution in [2.24, 2.45) is 0 Å². The van der Waals surface area contributed by atoms with Gasteiger partial charge in [-0.05, 0) is 12.8 Å². The van der Waals surface area contributed by atoms with Gasteiger partial charge in [0.2, 0.25) is 0 Å². The fourth-order valence-corrected chi connectivity index (χ4v) is 1.69. The van der Waals surface area contributed by atoms with Crippen molar-refractivity contribution in [2.45, 2.75) is 38.6 Å². The minimum absolute atomic E-state index is 0.315. The molecule has 4 heteroatoms. The molecule has 1 aromatic rings. The fourth-order valence-electron chi connectivity index (χ4n) is 1.51. The highest BCUT2D eigenvalue weighted by Gasteiger charge is 2.27. The molecule has 0 N–H and O–H groups in total. The molecule has 15 heavy (non-hydrogen) atoms. The van der Waals surface area contributed by atoms with Crippen molar-refractivity contribution >= 4 is 17.4 Å². The predicted octanol–water partition coefficient (Wildman–Crippen LogP) is 2.85. The Balaban J connectivity index is 2.29. The predicted molar refractivity (Wildman–Crippen MR) is 62.6 cm³/mol. The lowest BCUT2D eigenvalue weighted by molar-refractivity contribution is 0.761. The van der Waals surface area contributed by atoms with E-state index in [1.54, 1.807) is 0 Å². The van der Waals surface area contributed by atoms with Gasteiger partial charge in [0.25, 0.3) is 0 Å². The average molecular weight is 226 g/mol. The Labute approximate surface area is 95.5 Å². The Morgan fingerprint density at radius 2 is 2.07 bits per heavy atom. The monoisotopic (exact) mass is 225 g/mol. The van der Waals surface area contributed by atoms with Crippen molar-refractivity contribution in [3.63, 3.8) is 0 Å². The standard InChI is InChI=1S/C11H16ClN3/c1-7(2)11-13-9(12)6-10(14-11)15(3)8-4-5-8/h6-8H,4-5H2,1-3H3. The van der Waals surface area contributed by atoms with Crippen LogP contribution in [0.3, 0.4) is 0 Å². The summed E-state index contributed by atoms with van der Waals surface area (Å²) in [5, 5.41) is 0.538. The lowest BCUT2D eigenvalue weighted by Crippen LogP contribution is -2.21. The third-order valence-corrected chi connectivity index (χ3v) is 2.86. The van der Waals surface area contributed by atoms with E-state index in [9.17, 15) is 0 Å². The summed E-state index contributed by atoms with van der Waals surface area (Å²) in [5.41, 5.74) is 0. The van der Waals surface area contributed by atoms with Crippen LogP contribution in [0.15, 0.2) is 6.07 Å². The summed E-state index contributed by atoms with van der Waals surface area (Å²) in [6.45, 7) is 4.15. The quantitative estimate of drug-likeness (QED) is 0.741. The van der Waals surface area contributed by atoms with E-state index in [1.165, 1.54) is 12.8 Å². The largest absolute Gasteiger partial charge is 0.357 e. The first kappa shape index (κ1) is 10.7. The summed E-state index contributed by atoms with van der Waals surface area (Å²) in [6, 6.07) is 2.49. The maximum absolute atomic E-state index is 5.99. The van der Waals surface area contributed by atoms with Crippen LogP contribution in [-0.4, -0.2) is 23.1 Å². The lowest BCUT2D eigenvalue weighted by atomic mass is 10.2. The Hall–Kier alpha value is -0.830. The van der Waals surface area contributed by atoms with E-state index < -0.39 is 0 Å². The number of nitrogens with zero attached hydrogens (tertiary/aromatic N) is 3. The molecule has 0 spiro atoms. The van der Waals surface area contributed by atoms with Crippen LogP contribution in [0.2, 0.25) is 5.15 Å². The average Bonchev–Trinajstić information content (AvgIpc) is 2.98. The summed E-state index contributed by atoms with van der Waals surface area (Å²) >= 11 is 5.99. The Bertz CT molecular complexity index is 361. The number of aromatic nitrogens is 2. The van der Waals surface area contributed by atoms with Crippen LogP contribution >= 0.6 is 11.6 Å². The first-order valence-electron chi connectivity index (χ1n) is 5.35. The van der Waals surface area contributed by atoms with Crippen molar-refractivity contribution < 1.29 is 0 Å². The van der Waals surface area contributed by atoms with E-state index in [-0.39, 0.29) is 0 Å². The van der Waals surface area contributed by atoms with Gasteiger partial charge < -0.3 is 4.90 Å². The van der Waals surface area contributed by atoms with Crippen LogP contribution in [0, 0.1) is 0 Å². The van der Waals surface area contributed by atoms with E-state index >= 15 is 0 Å². The molecule has 2 rings (SSSR count). The zero-order chi connectivity index (χ0) is 11.0. The molecule has 0 amide bonds. The Morgan fingerprint density at radius 1 is 1.40 bits per heavy atom. The van der Waals surface area contributed by atoms with Gasteiger partial charge in [-0.2, -0.15) is 0 Å². The molecule has 0 aromatic carbocycles. The number of rotatable bonds is 3. The summed E-state index contributed by atoms with van der Waals surface area (Å²) in [6.07, 6.45) is 2.52. The van der Waals surface area contributed by atoms with Crippen molar-refractivity contribution in [1.82, 2.24) is 9.97 Å². The van der Waals surface area contributed by atoms with Crippen LogP contribution in [0.5, 0.6) is 0 Å². The van der Waals surface area contributed by atoms with Gasteiger partial charge in [0, 0.05) is 25.1 Å². The molecule has 0 atom stereocenters. The molecular weight excluding hydrogens is 210 g/mol. The Kier molecular flexibility index (Phi) is 2.83. The number of hydrogen-bond donors (Lipinski definition) is 0. The van der Waals surface area contributed by atoms with Crippen LogP contribution in [0.25, 0.3) is 0 Å². The zero-order valence-electron chi connectivity index (χ0n) is 9.37. The van der Waals surface area contributed by atoms with Gasteiger partial charge in [-0.25, -0.2) is 9.97 Å². The molecule has 1 saturated carbocycles. The molecule has 0 radical (unpaired) electrons. The molecule has 1 aliphatic carbocycles. The summed E-state index contributed by atoms with van der Waals surface area (Å²) in [7, 11) is 2.07. The second kappa shape index (κ2) is 3.97. The normalized spacial score (nSPS) is 15.8. The first-order valence-corrected chi connectivity index (χ1v) is 5.73. The van der Waals surface area contributed by atoms with Gasteiger partial charge in [0.1, 0.15) is 16.8 Å². The molecule has 1 fully saturated rings. The SMILES string of the molecule is CC(C)c1nc(Cl)cc(N(C)C2CC2)n1. The molecule has 1 heterocycles. The highest BCUT2D eigenvalue weighted by Crippen LogP contribution is 2.30. The molecule has 82 valence electrons. The maximum Gasteiger partial charge on any atom is 0.135 e. The molecule has 1 aromatic heterocycles. The molecule has 1 aliphatic rings. The van der Waals surface area contributed by atoms with Crippen LogP contribution < -0.4 is 4.90 Å². The number of anilines is 1. The minimum Gasteiger partial charge on any atom is -0.357 e. The number of halogens is 1. The summed E-state index contributed by atoms with van der Waals surface area (Å²) in [5.74, 6) is 2.08. The van der Waals surface area contributed by atoms with E-state index in [0.717, 1.165) is 11.6 Å². The maximum atomic E-state index is 5.99. The van der Waals surface area contributed by atoms with E-state index in [1.807, 2.05) is 6.07 Å². The second-order valence-corrected chi connectivity index (χ2v) is 4.79. The molecule has 0 aliphatic heterocycles. The third-order valence-electron chi connectivity index (χ3n) is 2.67. The fraction of sp³-hybridized carbons (Fsp3) is 0.636. The topological polar surface area (TPSA) is 29.0 Å². The summed E-state index contributed by atoms with van der Waals surface area (Å²) in [4.78, 5) is 10.9. The van der Waals surface area contributed by atoms with Crippen LogP contribution in [0.4, 0.5) is 5.82 Å². The van der Waals surface area contributed by atoms with Crippen LogP contribution in [-0.2, 0) is 0 Å². The second-order valence-electron chi connectivity index (χ2n) is 4.40. The zero-order valence-corrected chi connectivity index (χ0v) is 10.1. The third kappa shape index (κ3) is 2.40. The van der Waals surface area contributed by atoms with Gasteiger partial charge >= 0.3 is 0 Å². The van der Waals surface area contributed by atoms with Crippen molar-refractivity contribution in [3.8, 4) is 0 Å². The minimum atomic E-state index is 0.315.